The average molecular weight is 211 g/mol. The van der Waals surface area contributed by atoms with Gasteiger partial charge in [-0.1, -0.05) is 6.92 Å². The molecule has 0 saturated heterocycles. The summed E-state index contributed by atoms with van der Waals surface area (Å²) in [6.45, 7) is 3.42. The van der Waals surface area contributed by atoms with Gasteiger partial charge in [-0.15, -0.1) is 0 Å². The molecule has 0 saturated carbocycles. The topological polar surface area (TPSA) is 56.3 Å². The Bertz CT molecular complexity index is 288. The normalized spacial score (nSPS) is 12.5. The Labute approximate surface area is 89.8 Å². The standard InChI is InChI=1S/C10H17N3O2/c1-4-11-8(7-14-2)9-10(15-3)13-6-5-12-9/h5-6,8,11H,4,7H2,1-3H3. The van der Waals surface area contributed by atoms with Gasteiger partial charge >= 0.3 is 0 Å². The van der Waals surface area contributed by atoms with Crippen molar-refractivity contribution in [3.63, 3.8) is 0 Å². The molecule has 1 aromatic heterocycles. The van der Waals surface area contributed by atoms with Crippen LogP contribution in [0.3, 0.4) is 0 Å². The van der Waals surface area contributed by atoms with Gasteiger partial charge in [0.25, 0.3) is 0 Å². The summed E-state index contributed by atoms with van der Waals surface area (Å²) < 4.78 is 10.3. The SMILES string of the molecule is CCNC(COC)c1nccnc1OC. The second kappa shape index (κ2) is 6.31. The predicted octanol–water partition coefficient (Wildman–Crippen LogP) is 0.782. The molecule has 1 heterocycles. The third-order valence-electron chi connectivity index (χ3n) is 2.00. The second-order valence-corrected chi connectivity index (χ2v) is 3.02. The minimum atomic E-state index is 0.0173. The van der Waals surface area contributed by atoms with Crippen LogP contribution in [-0.4, -0.2) is 37.3 Å². The van der Waals surface area contributed by atoms with Crippen molar-refractivity contribution >= 4 is 0 Å². The first-order valence-corrected chi connectivity index (χ1v) is 4.90. The van der Waals surface area contributed by atoms with Crippen LogP contribution in [0.1, 0.15) is 18.7 Å². The van der Waals surface area contributed by atoms with Crippen LogP contribution in [0.5, 0.6) is 5.88 Å². The minimum Gasteiger partial charge on any atom is -0.480 e. The van der Waals surface area contributed by atoms with Gasteiger partial charge in [0.15, 0.2) is 0 Å². The maximum Gasteiger partial charge on any atom is 0.237 e. The number of rotatable bonds is 6. The molecule has 0 aliphatic rings. The van der Waals surface area contributed by atoms with E-state index in [1.807, 2.05) is 6.92 Å². The second-order valence-electron chi connectivity index (χ2n) is 3.02. The van der Waals surface area contributed by atoms with E-state index in [2.05, 4.69) is 15.3 Å². The zero-order valence-corrected chi connectivity index (χ0v) is 9.36. The van der Waals surface area contributed by atoms with E-state index in [0.29, 0.717) is 12.5 Å². The summed E-state index contributed by atoms with van der Waals surface area (Å²) in [6.07, 6.45) is 3.26. The van der Waals surface area contributed by atoms with E-state index < -0.39 is 0 Å². The molecule has 0 fully saturated rings. The van der Waals surface area contributed by atoms with E-state index >= 15 is 0 Å². The smallest absolute Gasteiger partial charge is 0.237 e. The van der Waals surface area contributed by atoms with Gasteiger partial charge in [0.1, 0.15) is 5.69 Å². The Morgan fingerprint density at radius 3 is 2.67 bits per heavy atom. The van der Waals surface area contributed by atoms with Gasteiger partial charge < -0.3 is 14.8 Å². The first kappa shape index (κ1) is 11.9. The highest BCUT2D eigenvalue weighted by molar-refractivity contribution is 5.21. The maximum absolute atomic E-state index is 5.15. The van der Waals surface area contributed by atoms with E-state index in [0.717, 1.165) is 12.2 Å². The minimum absolute atomic E-state index is 0.0173. The van der Waals surface area contributed by atoms with Gasteiger partial charge in [0.05, 0.1) is 19.8 Å². The van der Waals surface area contributed by atoms with Crippen LogP contribution >= 0.6 is 0 Å². The molecule has 0 aliphatic carbocycles. The monoisotopic (exact) mass is 211 g/mol. The highest BCUT2D eigenvalue weighted by Crippen LogP contribution is 2.19. The van der Waals surface area contributed by atoms with Crippen LogP contribution in [0.4, 0.5) is 0 Å². The van der Waals surface area contributed by atoms with Crippen LogP contribution < -0.4 is 10.1 Å². The largest absolute Gasteiger partial charge is 0.480 e. The molecule has 0 radical (unpaired) electrons. The van der Waals surface area contributed by atoms with Gasteiger partial charge in [0, 0.05) is 19.5 Å². The van der Waals surface area contributed by atoms with Gasteiger partial charge in [-0.2, -0.15) is 0 Å². The average Bonchev–Trinajstić information content (AvgIpc) is 2.29. The Morgan fingerprint density at radius 2 is 2.07 bits per heavy atom. The quantitative estimate of drug-likeness (QED) is 0.753. The van der Waals surface area contributed by atoms with E-state index in [4.69, 9.17) is 9.47 Å². The molecule has 15 heavy (non-hydrogen) atoms. The summed E-state index contributed by atoms with van der Waals surface area (Å²) in [6, 6.07) is 0.0173. The lowest BCUT2D eigenvalue weighted by atomic mass is 10.2. The summed E-state index contributed by atoms with van der Waals surface area (Å²) in [4.78, 5) is 8.36. The molecule has 5 nitrogen and oxygen atoms in total. The molecule has 1 rings (SSSR count). The van der Waals surface area contributed by atoms with Crippen molar-refractivity contribution in [2.75, 3.05) is 27.4 Å². The molecule has 84 valence electrons. The Balaban J connectivity index is 2.88. The molecule has 0 bridgehead atoms. The number of nitrogens with zero attached hydrogens (tertiary/aromatic N) is 2. The predicted molar refractivity (Wildman–Crippen MR) is 56.9 cm³/mol. The molecule has 0 amide bonds. The molecule has 1 atom stereocenters. The van der Waals surface area contributed by atoms with Gasteiger partial charge in [0.2, 0.25) is 5.88 Å². The van der Waals surface area contributed by atoms with Crippen LogP contribution in [0, 0.1) is 0 Å². The lowest BCUT2D eigenvalue weighted by Gasteiger charge is -2.17. The molecule has 5 heteroatoms. The van der Waals surface area contributed by atoms with E-state index in [1.54, 1.807) is 26.6 Å². The van der Waals surface area contributed by atoms with Crippen molar-refractivity contribution in [1.29, 1.82) is 0 Å². The van der Waals surface area contributed by atoms with Crippen molar-refractivity contribution in [2.24, 2.45) is 0 Å². The van der Waals surface area contributed by atoms with E-state index in [1.165, 1.54) is 0 Å². The summed E-state index contributed by atoms with van der Waals surface area (Å²) in [5.41, 5.74) is 0.781. The Kier molecular flexibility index (Phi) is 5.00. The van der Waals surface area contributed by atoms with Gasteiger partial charge in [-0.25, -0.2) is 4.98 Å². The van der Waals surface area contributed by atoms with Gasteiger partial charge in [-0.05, 0) is 6.54 Å². The molecule has 0 aromatic carbocycles. The lowest BCUT2D eigenvalue weighted by Crippen LogP contribution is -2.26. The first-order valence-electron chi connectivity index (χ1n) is 4.90. The molecule has 1 unspecified atom stereocenters. The van der Waals surface area contributed by atoms with Crippen molar-refractivity contribution in [3.05, 3.63) is 18.1 Å². The summed E-state index contributed by atoms with van der Waals surface area (Å²) in [5, 5.41) is 3.27. The molecule has 0 spiro atoms. The Morgan fingerprint density at radius 1 is 1.33 bits per heavy atom. The molecule has 1 N–H and O–H groups in total. The third-order valence-corrected chi connectivity index (χ3v) is 2.00. The first-order chi connectivity index (χ1) is 7.33. The van der Waals surface area contributed by atoms with Crippen LogP contribution in [0.25, 0.3) is 0 Å². The highest BCUT2D eigenvalue weighted by Gasteiger charge is 2.17. The van der Waals surface area contributed by atoms with Gasteiger partial charge in [-0.3, -0.25) is 4.98 Å². The number of nitrogens with one attached hydrogen (secondary N) is 1. The fourth-order valence-corrected chi connectivity index (χ4v) is 1.38. The van der Waals surface area contributed by atoms with E-state index in [-0.39, 0.29) is 6.04 Å². The van der Waals surface area contributed by atoms with Crippen molar-refractivity contribution in [2.45, 2.75) is 13.0 Å². The summed E-state index contributed by atoms with van der Waals surface area (Å²) >= 11 is 0. The lowest BCUT2D eigenvalue weighted by molar-refractivity contribution is 0.164. The summed E-state index contributed by atoms with van der Waals surface area (Å²) in [5.74, 6) is 0.542. The zero-order chi connectivity index (χ0) is 11.1. The van der Waals surface area contributed by atoms with Crippen LogP contribution in [-0.2, 0) is 4.74 Å². The fraction of sp³-hybridized carbons (Fsp3) is 0.600. The van der Waals surface area contributed by atoms with Crippen molar-refractivity contribution in [3.8, 4) is 5.88 Å². The van der Waals surface area contributed by atoms with Crippen molar-refractivity contribution in [1.82, 2.24) is 15.3 Å². The molecule has 1 aromatic rings. The number of hydrogen-bond donors (Lipinski definition) is 1. The Hall–Kier alpha value is -1.20. The highest BCUT2D eigenvalue weighted by atomic mass is 16.5. The number of ether oxygens (including phenoxy) is 2. The maximum atomic E-state index is 5.15. The number of methoxy groups -OCH3 is 2. The third kappa shape index (κ3) is 3.14. The van der Waals surface area contributed by atoms with E-state index in [9.17, 15) is 0 Å². The molecular formula is C10H17N3O2. The fourth-order valence-electron chi connectivity index (χ4n) is 1.38. The molecular weight excluding hydrogens is 194 g/mol. The number of aromatic nitrogens is 2. The molecule has 0 aliphatic heterocycles. The number of hydrogen-bond acceptors (Lipinski definition) is 5. The van der Waals surface area contributed by atoms with Crippen LogP contribution in [0.2, 0.25) is 0 Å². The van der Waals surface area contributed by atoms with Crippen LogP contribution in [0.15, 0.2) is 12.4 Å². The number of likely N-dealkylation sites (N-methyl/N-ethyl adjacent to an activating group) is 1. The summed E-state index contributed by atoms with van der Waals surface area (Å²) in [7, 11) is 3.25. The van der Waals surface area contributed by atoms with Crippen molar-refractivity contribution < 1.29 is 9.47 Å². The zero-order valence-electron chi connectivity index (χ0n) is 9.36.